The molecule has 0 atom stereocenters. The molecular formula is C15H16N2O4S. The van der Waals surface area contributed by atoms with Crippen LogP contribution in [-0.2, 0) is 9.53 Å². The van der Waals surface area contributed by atoms with Crippen molar-refractivity contribution in [2.45, 2.75) is 19.3 Å². The summed E-state index contributed by atoms with van der Waals surface area (Å²) in [6.07, 6.45) is 5.11. The number of piperidine rings is 1. The lowest BCUT2D eigenvalue weighted by Crippen LogP contribution is -2.33. The summed E-state index contributed by atoms with van der Waals surface area (Å²) in [5.41, 5.74) is 0. The van der Waals surface area contributed by atoms with Crippen LogP contribution in [0.15, 0.2) is 26.4 Å². The van der Waals surface area contributed by atoms with Gasteiger partial charge in [-0.1, -0.05) is 0 Å². The van der Waals surface area contributed by atoms with Crippen molar-refractivity contribution in [3.05, 3.63) is 28.6 Å². The number of hydrogen-bond donors (Lipinski definition) is 0. The van der Waals surface area contributed by atoms with Gasteiger partial charge in [0.25, 0.3) is 5.91 Å². The summed E-state index contributed by atoms with van der Waals surface area (Å²) in [4.78, 5) is 30.1. The Hall–Kier alpha value is -2.02. The van der Waals surface area contributed by atoms with Crippen molar-refractivity contribution in [3.8, 4) is 0 Å². The van der Waals surface area contributed by atoms with Gasteiger partial charge in [0, 0.05) is 19.2 Å². The Morgan fingerprint density at radius 2 is 2.14 bits per heavy atom. The number of methoxy groups -OCH3 is 1. The van der Waals surface area contributed by atoms with Gasteiger partial charge in [0.1, 0.15) is 5.76 Å². The number of esters is 1. The third-order valence-electron chi connectivity index (χ3n) is 3.52. The van der Waals surface area contributed by atoms with E-state index >= 15 is 0 Å². The minimum absolute atomic E-state index is 0.113. The van der Waals surface area contributed by atoms with Crippen LogP contribution in [0.2, 0.25) is 0 Å². The number of carbonyl (C=O) groups excluding carboxylic acids is 2. The zero-order valence-corrected chi connectivity index (χ0v) is 13.0. The molecule has 6 nitrogen and oxygen atoms in total. The average Bonchev–Trinajstić information content (AvgIpc) is 3.15. The Kier molecular flexibility index (Phi) is 4.33. The number of thioether (sulfide) groups is 1. The van der Waals surface area contributed by atoms with Crippen LogP contribution in [0.3, 0.4) is 0 Å². The van der Waals surface area contributed by atoms with E-state index in [0.29, 0.717) is 10.7 Å². The monoisotopic (exact) mass is 320 g/mol. The first kappa shape index (κ1) is 14.9. The molecule has 116 valence electrons. The highest BCUT2D eigenvalue weighted by Crippen LogP contribution is 2.31. The summed E-state index contributed by atoms with van der Waals surface area (Å²) in [7, 11) is 1.29. The van der Waals surface area contributed by atoms with Crippen LogP contribution in [0.25, 0.3) is 6.08 Å². The van der Waals surface area contributed by atoms with Gasteiger partial charge < -0.3 is 14.1 Å². The standard InChI is InChI=1S/C15H16N2O4S/c1-20-14(19)11-6-5-10(21-11)9-12-13(18)16-15(22-12)17-7-3-2-4-8-17/h5-6,9H,2-4,7-8H2,1H3. The van der Waals surface area contributed by atoms with Gasteiger partial charge in [0.15, 0.2) is 5.17 Å². The van der Waals surface area contributed by atoms with E-state index in [0.717, 1.165) is 31.1 Å². The lowest BCUT2D eigenvalue weighted by molar-refractivity contribution is -0.113. The van der Waals surface area contributed by atoms with Crippen molar-refractivity contribution in [1.82, 2.24) is 4.90 Å². The highest BCUT2D eigenvalue weighted by Gasteiger charge is 2.27. The molecule has 0 N–H and O–H groups in total. The maximum absolute atomic E-state index is 12.0. The molecule has 0 unspecified atom stereocenters. The fourth-order valence-corrected chi connectivity index (χ4v) is 3.33. The van der Waals surface area contributed by atoms with Crippen LogP contribution in [0.4, 0.5) is 0 Å². The first-order valence-corrected chi connectivity index (χ1v) is 7.94. The molecule has 3 rings (SSSR count). The first-order valence-electron chi connectivity index (χ1n) is 7.13. The zero-order valence-electron chi connectivity index (χ0n) is 12.2. The number of aliphatic imine (C=N–C) groups is 1. The van der Waals surface area contributed by atoms with Crippen LogP contribution >= 0.6 is 11.8 Å². The van der Waals surface area contributed by atoms with E-state index in [1.165, 1.54) is 31.4 Å². The highest BCUT2D eigenvalue weighted by molar-refractivity contribution is 8.18. The molecule has 1 fully saturated rings. The Bertz CT molecular complexity index is 656. The molecule has 1 saturated heterocycles. The number of nitrogens with zero attached hydrogens (tertiary/aromatic N) is 2. The number of hydrogen-bond acceptors (Lipinski definition) is 6. The van der Waals surface area contributed by atoms with Gasteiger partial charge in [0.2, 0.25) is 5.76 Å². The second-order valence-electron chi connectivity index (χ2n) is 5.05. The van der Waals surface area contributed by atoms with E-state index in [9.17, 15) is 9.59 Å². The number of amidine groups is 1. The van der Waals surface area contributed by atoms with Crippen molar-refractivity contribution in [2.24, 2.45) is 4.99 Å². The van der Waals surface area contributed by atoms with Crippen LogP contribution in [0.5, 0.6) is 0 Å². The van der Waals surface area contributed by atoms with E-state index in [4.69, 9.17) is 4.42 Å². The second-order valence-corrected chi connectivity index (χ2v) is 6.06. The zero-order chi connectivity index (χ0) is 15.5. The molecule has 0 spiro atoms. The molecule has 2 aliphatic rings. The Balaban J connectivity index is 1.72. The lowest BCUT2D eigenvalue weighted by atomic mass is 10.1. The fraction of sp³-hybridized carbons (Fsp3) is 0.400. The topological polar surface area (TPSA) is 72.1 Å². The molecule has 0 aromatic carbocycles. The number of furan rings is 1. The molecule has 0 radical (unpaired) electrons. The molecule has 22 heavy (non-hydrogen) atoms. The smallest absolute Gasteiger partial charge is 0.373 e. The molecule has 1 amide bonds. The fourth-order valence-electron chi connectivity index (χ4n) is 2.39. The normalized spacial score (nSPS) is 20.4. The predicted molar refractivity (Wildman–Crippen MR) is 83.5 cm³/mol. The third-order valence-corrected chi connectivity index (χ3v) is 4.57. The summed E-state index contributed by atoms with van der Waals surface area (Å²) in [6, 6.07) is 3.15. The Morgan fingerprint density at radius 3 is 2.86 bits per heavy atom. The molecule has 2 aliphatic heterocycles. The predicted octanol–water partition coefficient (Wildman–Crippen LogP) is 2.52. The van der Waals surface area contributed by atoms with E-state index in [1.807, 2.05) is 0 Å². The van der Waals surface area contributed by atoms with E-state index < -0.39 is 5.97 Å². The van der Waals surface area contributed by atoms with Gasteiger partial charge in [0.05, 0.1) is 12.0 Å². The maximum atomic E-state index is 12.0. The molecule has 0 aliphatic carbocycles. The second kappa shape index (κ2) is 6.39. The molecule has 1 aromatic heterocycles. The SMILES string of the molecule is COC(=O)c1ccc(C=C2SC(N3CCCCC3)=NC2=O)o1. The summed E-state index contributed by atoms with van der Waals surface area (Å²) < 4.78 is 9.93. The first-order chi connectivity index (χ1) is 10.7. The van der Waals surface area contributed by atoms with Crippen LogP contribution in [0.1, 0.15) is 35.6 Å². The van der Waals surface area contributed by atoms with Gasteiger partial charge in [-0.3, -0.25) is 4.79 Å². The van der Waals surface area contributed by atoms with Crippen molar-refractivity contribution in [2.75, 3.05) is 20.2 Å². The van der Waals surface area contributed by atoms with Crippen molar-refractivity contribution in [3.63, 3.8) is 0 Å². The van der Waals surface area contributed by atoms with Gasteiger partial charge in [-0.05, 0) is 43.2 Å². The molecule has 0 bridgehead atoms. The number of amides is 1. The lowest BCUT2D eigenvalue weighted by Gasteiger charge is -2.27. The minimum atomic E-state index is -0.541. The molecule has 3 heterocycles. The largest absolute Gasteiger partial charge is 0.463 e. The van der Waals surface area contributed by atoms with Gasteiger partial charge in [-0.2, -0.15) is 4.99 Å². The molecule has 0 saturated carbocycles. The van der Waals surface area contributed by atoms with Gasteiger partial charge >= 0.3 is 5.97 Å². The molecule has 7 heteroatoms. The van der Waals surface area contributed by atoms with Gasteiger partial charge in [-0.25, -0.2) is 4.79 Å². The number of likely N-dealkylation sites (tertiary alicyclic amines) is 1. The number of carbonyl (C=O) groups is 2. The molecular weight excluding hydrogens is 304 g/mol. The summed E-state index contributed by atoms with van der Waals surface area (Å²) in [5, 5.41) is 0.760. The average molecular weight is 320 g/mol. The Labute approximate surface area is 132 Å². The minimum Gasteiger partial charge on any atom is -0.463 e. The highest BCUT2D eigenvalue weighted by atomic mass is 32.2. The Morgan fingerprint density at radius 1 is 1.36 bits per heavy atom. The number of rotatable bonds is 2. The van der Waals surface area contributed by atoms with E-state index in [2.05, 4.69) is 14.6 Å². The summed E-state index contributed by atoms with van der Waals surface area (Å²) in [5.74, 6) is -0.254. The summed E-state index contributed by atoms with van der Waals surface area (Å²) >= 11 is 1.35. The van der Waals surface area contributed by atoms with Crippen molar-refractivity contribution < 1.29 is 18.7 Å². The van der Waals surface area contributed by atoms with Gasteiger partial charge in [-0.15, -0.1) is 0 Å². The van der Waals surface area contributed by atoms with Crippen molar-refractivity contribution in [1.29, 1.82) is 0 Å². The van der Waals surface area contributed by atoms with Crippen LogP contribution in [0, 0.1) is 0 Å². The van der Waals surface area contributed by atoms with E-state index in [-0.39, 0.29) is 11.7 Å². The van der Waals surface area contributed by atoms with Crippen LogP contribution < -0.4 is 0 Å². The quantitative estimate of drug-likeness (QED) is 0.616. The van der Waals surface area contributed by atoms with E-state index in [1.54, 1.807) is 12.1 Å². The van der Waals surface area contributed by atoms with Crippen LogP contribution in [-0.4, -0.2) is 42.1 Å². The summed E-state index contributed by atoms with van der Waals surface area (Å²) in [6.45, 7) is 1.89. The maximum Gasteiger partial charge on any atom is 0.373 e. The third kappa shape index (κ3) is 3.09. The number of ether oxygens (including phenoxy) is 1. The van der Waals surface area contributed by atoms with Crippen molar-refractivity contribution >= 4 is 34.9 Å². The molecule has 1 aromatic rings.